The number of hydrogen-bond donors (Lipinski definition) is 0. The van der Waals surface area contributed by atoms with E-state index in [9.17, 15) is 3.32 Å². The first-order chi connectivity index (χ1) is 10.5. The van der Waals surface area contributed by atoms with Gasteiger partial charge in [0.15, 0.2) is 0 Å². The monoisotopic (exact) mass is 424 g/mol. The second kappa shape index (κ2) is 6.99. The number of hydrogen-bond acceptors (Lipinski definition) is 2. The third-order valence-electron chi connectivity index (χ3n) is 4.52. The summed E-state index contributed by atoms with van der Waals surface area (Å²) in [7, 11) is 12.0. The number of benzene rings is 1. The summed E-state index contributed by atoms with van der Waals surface area (Å²) in [5.74, 6) is 0. The maximum absolute atomic E-state index is 13.6. The van der Waals surface area contributed by atoms with E-state index in [1.54, 1.807) is 0 Å². The van der Waals surface area contributed by atoms with Crippen LogP contribution in [-0.4, -0.2) is 21.6 Å². The predicted molar refractivity (Wildman–Crippen MR) is 102 cm³/mol. The minimum absolute atomic E-state index is 0.286. The Morgan fingerprint density at radius 1 is 1.26 bits per heavy atom. The van der Waals surface area contributed by atoms with Gasteiger partial charge in [0.25, 0.3) is 0 Å². The molecular weight excluding hydrogens is 399 g/mol. The van der Waals surface area contributed by atoms with Crippen LogP contribution in [-0.2, 0) is 20.2 Å². The molecule has 0 radical (unpaired) electrons. The van der Waals surface area contributed by atoms with Gasteiger partial charge in [-0.05, 0) is 0 Å². The predicted octanol–water partition coefficient (Wildman–Crippen LogP) is 5.69. The summed E-state index contributed by atoms with van der Waals surface area (Å²) in [4.78, 5) is 0. The molecule has 2 unspecified atom stereocenters. The molecule has 128 valence electrons. The SMILES string of the molecule is C[SiH](CCCO[Si](C)(C)C)[Ti](=[O])([Cl])([Cl])[CH]1C=Cc2ccccc21. The molecule has 0 aliphatic heterocycles. The molecule has 0 bridgehead atoms. The molecule has 1 aliphatic carbocycles. The zero-order valence-corrected chi connectivity index (χ0v) is 19.5. The molecule has 2 atom stereocenters. The van der Waals surface area contributed by atoms with Crippen LogP contribution in [0.3, 0.4) is 0 Å². The standard InChI is InChI=1S/C9H7.C7H19OSi2.2ClH.O.Ti/c1-2-5-9-7-3-6-8(9)4-1;1-9-7-5-6-8-10(2,3)4;;;;/h1-7H;9H,5-7H2,1-4H3;2*1H;;/q;;;;;+2/p-2. The van der Waals surface area contributed by atoms with Crippen molar-refractivity contribution in [2.45, 2.75) is 42.9 Å². The first kappa shape index (κ1) is 19.8. The molecular formula is C16H26Cl2O2Si2Ti. The van der Waals surface area contributed by atoms with Crippen LogP contribution in [0.4, 0.5) is 0 Å². The summed E-state index contributed by atoms with van der Waals surface area (Å²) in [5, 5.41) is 0. The second-order valence-corrected chi connectivity index (χ2v) is 38.3. The summed E-state index contributed by atoms with van der Waals surface area (Å²) in [6.07, 6.45) is 4.86. The van der Waals surface area contributed by atoms with Crippen LogP contribution in [0.2, 0.25) is 32.2 Å². The summed E-state index contributed by atoms with van der Waals surface area (Å²) < 4.78 is 19.2. The van der Waals surface area contributed by atoms with E-state index in [-0.39, 0.29) is 4.22 Å². The molecule has 0 spiro atoms. The Morgan fingerprint density at radius 3 is 2.57 bits per heavy atom. The first-order valence-corrected chi connectivity index (χ1v) is 22.7. The topological polar surface area (TPSA) is 26.3 Å². The fourth-order valence-corrected chi connectivity index (χ4v) is 19.2. The van der Waals surface area contributed by atoms with Crippen molar-refractivity contribution in [2.75, 3.05) is 6.61 Å². The molecule has 0 amide bonds. The van der Waals surface area contributed by atoms with Crippen LogP contribution in [0.15, 0.2) is 30.3 Å². The Hall–Kier alpha value is 0.448. The van der Waals surface area contributed by atoms with Gasteiger partial charge in [-0.1, -0.05) is 0 Å². The van der Waals surface area contributed by atoms with Crippen LogP contribution >= 0.6 is 18.6 Å². The van der Waals surface area contributed by atoms with Crippen LogP contribution in [0.25, 0.3) is 6.08 Å². The molecule has 2 rings (SSSR count). The van der Waals surface area contributed by atoms with Crippen LogP contribution in [0.5, 0.6) is 0 Å². The number of rotatable bonds is 7. The molecule has 2 nitrogen and oxygen atoms in total. The van der Waals surface area contributed by atoms with E-state index >= 15 is 0 Å². The molecule has 7 heteroatoms. The molecule has 0 N–H and O–H groups in total. The van der Waals surface area contributed by atoms with Gasteiger partial charge in [-0.15, -0.1) is 0 Å². The Balaban J connectivity index is 2.07. The number of allylic oxidation sites excluding steroid dienone is 1. The summed E-state index contributed by atoms with van der Waals surface area (Å²) in [6, 6.07) is 8.83. The van der Waals surface area contributed by atoms with Crippen molar-refractivity contribution in [3.63, 3.8) is 0 Å². The van der Waals surface area contributed by atoms with E-state index in [0.717, 1.165) is 30.2 Å². The summed E-state index contributed by atoms with van der Waals surface area (Å²) >= 11 is -4.78. The zero-order chi connectivity index (χ0) is 17.3. The third kappa shape index (κ3) is 4.75. The first-order valence-electron chi connectivity index (χ1n) is 8.21. The van der Waals surface area contributed by atoms with E-state index in [4.69, 9.17) is 23.0 Å². The molecule has 1 aromatic carbocycles. The van der Waals surface area contributed by atoms with Crippen molar-refractivity contribution in [1.82, 2.24) is 0 Å². The van der Waals surface area contributed by atoms with Crippen LogP contribution in [0.1, 0.15) is 21.8 Å². The molecule has 1 aromatic rings. The van der Waals surface area contributed by atoms with Crippen molar-refractivity contribution < 1.29 is 20.2 Å². The normalized spacial score (nSPS) is 19.7. The van der Waals surface area contributed by atoms with Crippen molar-refractivity contribution >= 4 is 39.7 Å². The Labute approximate surface area is 150 Å². The van der Waals surface area contributed by atoms with Gasteiger partial charge >= 0.3 is 151 Å². The maximum atomic E-state index is 13.6. The van der Waals surface area contributed by atoms with Gasteiger partial charge in [-0.2, -0.15) is 0 Å². The Kier molecular flexibility index (Phi) is 6.00. The van der Waals surface area contributed by atoms with Gasteiger partial charge in [0.2, 0.25) is 0 Å². The summed E-state index contributed by atoms with van der Waals surface area (Å²) in [5.41, 5.74) is 2.12. The number of fused-ring (bicyclic) bond motifs is 1. The van der Waals surface area contributed by atoms with Crippen molar-refractivity contribution in [3.8, 4) is 0 Å². The molecule has 0 fully saturated rings. The van der Waals surface area contributed by atoms with Crippen molar-refractivity contribution in [3.05, 3.63) is 41.5 Å². The van der Waals surface area contributed by atoms with Crippen molar-refractivity contribution in [2.24, 2.45) is 0 Å². The van der Waals surface area contributed by atoms with E-state index in [0.29, 0.717) is 0 Å². The van der Waals surface area contributed by atoms with E-state index in [2.05, 4.69) is 26.2 Å². The molecule has 0 aromatic heterocycles. The molecule has 23 heavy (non-hydrogen) atoms. The van der Waals surface area contributed by atoms with Gasteiger partial charge < -0.3 is 0 Å². The van der Waals surface area contributed by atoms with Crippen molar-refractivity contribution in [1.29, 1.82) is 0 Å². The average molecular weight is 425 g/mol. The molecule has 1 aliphatic rings. The van der Waals surface area contributed by atoms with Gasteiger partial charge in [-0.25, -0.2) is 0 Å². The third-order valence-corrected chi connectivity index (χ3v) is 33.1. The quantitative estimate of drug-likeness (QED) is 0.414. The zero-order valence-electron chi connectivity index (χ0n) is 14.3. The molecule has 0 saturated heterocycles. The van der Waals surface area contributed by atoms with E-state index in [1.165, 1.54) is 0 Å². The van der Waals surface area contributed by atoms with E-state index in [1.807, 2.05) is 36.4 Å². The fourth-order valence-electron chi connectivity index (χ4n) is 3.01. The number of halogens is 2. The van der Waals surface area contributed by atoms with Gasteiger partial charge in [-0.3, -0.25) is 0 Å². The van der Waals surface area contributed by atoms with Crippen LogP contribution < -0.4 is 0 Å². The van der Waals surface area contributed by atoms with Gasteiger partial charge in [0.1, 0.15) is 0 Å². The minimum atomic E-state index is -4.78. The van der Waals surface area contributed by atoms with Crippen LogP contribution in [0, 0.1) is 0 Å². The average Bonchev–Trinajstić information content (AvgIpc) is 2.87. The fraction of sp³-hybridized carbons (Fsp3) is 0.500. The van der Waals surface area contributed by atoms with Gasteiger partial charge in [0, 0.05) is 0 Å². The molecule has 0 heterocycles. The van der Waals surface area contributed by atoms with Gasteiger partial charge in [0.05, 0.1) is 0 Å². The molecule has 0 saturated carbocycles. The van der Waals surface area contributed by atoms with E-state index < -0.39 is 27.4 Å². The Bertz CT molecular complexity index is 664. The second-order valence-electron chi connectivity index (χ2n) is 7.53. The summed E-state index contributed by atoms with van der Waals surface area (Å²) in [6.45, 7) is 7.54. The Morgan fingerprint density at radius 2 is 1.91 bits per heavy atom.